The minimum Gasteiger partial charge on any atom is -0.445 e. The highest BCUT2D eigenvalue weighted by Gasteiger charge is 2.30. The predicted octanol–water partition coefficient (Wildman–Crippen LogP) is 2.21. The average molecular weight is 534 g/mol. The van der Waals surface area contributed by atoms with Crippen LogP contribution in [0.4, 0.5) is 10.5 Å². The van der Waals surface area contributed by atoms with Gasteiger partial charge in [-0.15, -0.1) is 0 Å². The lowest BCUT2D eigenvalue weighted by molar-refractivity contribution is -0.129. The highest BCUT2D eigenvalue weighted by molar-refractivity contribution is 5.96. The number of unbranched alkanes of at least 4 members (excludes halogenated alkanes) is 2. The summed E-state index contributed by atoms with van der Waals surface area (Å²) in [4.78, 5) is 61.9. The Balaban J connectivity index is 2.54. The largest absolute Gasteiger partial charge is 0.445 e. The molecule has 0 aliphatic rings. The van der Waals surface area contributed by atoms with E-state index < -0.39 is 24.1 Å². The van der Waals surface area contributed by atoms with E-state index in [-0.39, 0.29) is 36.7 Å². The molecule has 38 heavy (non-hydrogen) atoms. The van der Waals surface area contributed by atoms with Gasteiger partial charge in [0.2, 0.25) is 17.7 Å². The predicted molar refractivity (Wildman–Crippen MR) is 145 cm³/mol. The van der Waals surface area contributed by atoms with E-state index in [0.717, 1.165) is 25.8 Å². The van der Waals surface area contributed by atoms with Crippen LogP contribution < -0.4 is 21.3 Å². The van der Waals surface area contributed by atoms with E-state index in [1.165, 1.54) is 18.9 Å². The van der Waals surface area contributed by atoms with Crippen molar-refractivity contribution < 1.29 is 28.7 Å². The van der Waals surface area contributed by atoms with Crippen LogP contribution in [-0.2, 0) is 30.5 Å². The fourth-order valence-electron chi connectivity index (χ4n) is 3.68. The Morgan fingerprint density at radius 3 is 2.18 bits per heavy atom. The van der Waals surface area contributed by atoms with E-state index in [0.29, 0.717) is 17.7 Å². The van der Waals surface area contributed by atoms with E-state index >= 15 is 0 Å². The third kappa shape index (κ3) is 12.2. The molecule has 1 aromatic rings. The topological polar surface area (TPSA) is 146 Å². The van der Waals surface area contributed by atoms with Gasteiger partial charge in [0.1, 0.15) is 24.5 Å². The lowest BCUT2D eigenvalue weighted by atomic mass is 10.0. The van der Waals surface area contributed by atoms with E-state index in [2.05, 4.69) is 21.3 Å². The SMILES string of the molecule is CNCCCCCC(=O)N[C@@H](C)C(=O)Nc1ccc(COC(=O)N(C)[C@H](C(=O)NCC(C)=O)C(C)C)cc1. The minimum absolute atomic E-state index is 0.0297. The van der Waals surface area contributed by atoms with Gasteiger partial charge in [0, 0.05) is 19.2 Å². The first-order valence-corrected chi connectivity index (χ1v) is 13.0. The van der Waals surface area contributed by atoms with Crippen LogP contribution in [0, 0.1) is 5.92 Å². The molecule has 0 saturated carbocycles. The number of likely N-dealkylation sites (N-methyl/N-ethyl adjacent to an activating group) is 1. The van der Waals surface area contributed by atoms with Crippen molar-refractivity contribution in [3.05, 3.63) is 29.8 Å². The molecule has 0 aliphatic carbocycles. The Kier molecular flexibility index (Phi) is 14.7. The molecule has 4 N–H and O–H groups in total. The maximum absolute atomic E-state index is 12.6. The first kappa shape index (κ1) is 32.6. The number of carbonyl (C=O) groups excluding carboxylic acids is 5. The number of ether oxygens (including phenoxy) is 1. The van der Waals surface area contributed by atoms with Crippen LogP contribution in [0.3, 0.4) is 0 Å². The second kappa shape index (κ2) is 17.1. The molecule has 0 bridgehead atoms. The maximum atomic E-state index is 12.6. The van der Waals surface area contributed by atoms with Gasteiger partial charge in [-0.1, -0.05) is 32.4 Å². The van der Waals surface area contributed by atoms with Crippen molar-refractivity contribution in [1.82, 2.24) is 20.9 Å². The number of Topliss-reactive ketones (excluding diaryl/α,β-unsaturated/α-hetero) is 1. The fraction of sp³-hybridized carbons (Fsp3) is 0.593. The Morgan fingerprint density at radius 2 is 1.61 bits per heavy atom. The summed E-state index contributed by atoms with van der Waals surface area (Å²) in [6, 6.07) is 5.28. The second-order valence-electron chi connectivity index (χ2n) is 9.66. The normalized spacial score (nSPS) is 12.3. The molecule has 1 aromatic carbocycles. The van der Waals surface area contributed by atoms with Crippen molar-refractivity contribution in [2.45, 2.75) is 72.1 Å². The molecule has 4 amide bonds. The average Bonchev–Trinajstić information content (AvgIpc) is 2.86. The molecule has 212 valence electrons. The highest BCUT2D eigenvalue weighted by atomic mass is 16.6. The van der Waals surface area contributed by atoms with Crippen LogP contribution in [0.2, 0.25) is 0 Å². The Bertz CT molecular complexity index is 934. The van der Waals surface area contributed by atoms with Gasteiger partial charge < -0.3 is 26.0 Å². The zero-order chi connectivity index (χ0) is 28.7. The van der Waals surface area contributed by atoms with Crippen molar-refractivity contribution in [3.8, 4) is 0 Å². The Hall–Kier alpha value is -3.47. The standard InChI is InChI=1S/C27H43N5O6/c1-18(2)24(26(36)29-16-19(3)33)32(6)27(37)38-17-21-11-13-22(14-12-21)31-25(35)20(4)30-23(34)10-8-7-9-15-28-5/h11-14,18,20,24,28H,7-10,15-17H2,1-6H3,(H,29,36)(H,30,34)(H,31,35)/t20-,24-/m0/s1. The summed E-state index contributed by atoms with van der Waals surface area (Å²) in [7, 11) is 3.37. The summed E-state index contributed by atoms with van der Waals surface area (Å²) in [5, 5.41) is 11.1. The van der Waals surface area contributed by atoms with Gasteiger partial charge in [0.05, 0.1) is 6.54 Å². The van der Waals surface area contributed by atoms with Crippen LogP contribution in [0.15, 0.2) is 24.3 Å². The molecule has 2 atom stereocenters. The van der Waals surface area contributed by atoms with Gasteiger partial charge in [0.25, 0.3) is 0 Å². The number of ketones is 1. The molecule has 11 nitrogen and oxygen atoms in total. The van der Waals surface area contributed by atoms with Gasteiger partial charge in [-0.3, -0.25) is 24.1 Å². The smallest absolute Gasteiger partial charge is 0.410 e. The number of nitrogens with zero attached hydrogens (tertiary/aromatic N) is 1. The van der Waals surface area contributed by atoms with Gasteiger partial charge >= 0.3 is 6.09 Å². The summed E-state index contributed by atoms with van der Waals surface area (Å²) in [6.45, 7) is 7.38. The third-order valence-electron chi connectivity index (χ3n) is 5.80. The molecule has 0 radical (unpaired) electrons. The van der Waals surface area contributed by atoms with Gasteiger partial charge in [-0.25, -0.2) is 4.79 Å². The van der Waals surface area contributed by atoms with Crippen LogP contribution in [-0.4, -0.2) is 73.8 Å². The molecule has 0 heterocycles. The number of nitrogens with one attached hydrogen (secondary N) is 4. The first-order valence-electron chi connectivity index (χ1n) is 13.0. The van der Waals surface area contributed by atoms with Gasteiger partial charge in [-0.2, -0.15) is 0 Å². The summed E-state index contributed by atoms with van der Waals surface area (Å²) in [5.74, 6) is -1.30. The molecular weight excluding hydrogens is 490 g/mol. The first-order chi connectivity index (χ1) is 18.0. The Morgan fingerprint density at radius 1 is 0.947 bits per heavy atom. The number of carbonyl (C=O) groups is 5. The summed E-state index contributed by atoms with van der Waals surface area (Å²) >= 11 is 0. The van der Waals surface area contributed by atoms with E-state index in [9.17, 15) is 24.0 Å². The lowest BCUT2D eigenvalue weighted by Crippen LogP contribution is -2.51. The summed E-state index contributed by atoms with van der Waals surface area (Å²) in [5.41, 5.74) is 1.23. The zero-order valence-corrected chi connectivity index (χ0v) is 23.4. The summed E-state index contributed by atoms with van der Waals surface area (Å²) in [6.07, 6.45) is 2.43. The van der Waals surface area contributed by atoms with Crippen molar-refractivity contribution in [1.29, 1.82) is 0 Å². The van der Waals surface area contributed by atoms with E-state index in [1.54, 1.807) is 45.0 Å². The number of amides is 4. The van der Waals surface area contributed by atoms with Crippen molar-refractivity contribution in [2.75, 3.05) is 32.5 Å². The third-order valence-corrected chi connectivity index (χ3v) is 5.80. The molecule has 0 unspecified atom stereocenters. The summed E-state index contributed by atoms with van der Waals surface area (Å²) < 4.78 is 5.36. The number of benzene rings is 1. The molecule has 0 spiro atoms. The number of rotatable bonds is 16. The lowest BCUT2D eigenvalue weighted by Gasteiger charge is -2.29. The molecular formula is C27H43N5O6. The van der Waals surface area contributed by atoms with Gasteiger partial charge in [0.15, 0.2) is 0 Å². The van der Waals surface area contributed by atoms with Crippen molar-refractivity contribution in [2.24, 2.45) is 5.92 Å². The maximum Gasteiger partial charge on any atom is 0.410 e. The molecule has 1 rings (SSSR count). The number of hydrogen-bond acceptors (Lipinski definition) is 7. The number of anilines is 1. The van der Waals surface area contributed by atoms with Crippen molar-refractivity contribution in [3.63, 3.8) is 0 Å². The minimum atomic E-state index is -0.791. The molecule has 11 heteroatoms. The molecule has 0 fully saturated rings. The van der Waals surface area contributed by atoms with Crippen LogP contribution in [0.25, 0.3) is 0 Å². The quantitative estimate of drug-likeness (QED) is 0.238. The van der Waals surface area contributed by atoms with Gasteiger partial charge in [-0.05, 0) is 63.9 Å². The van der Waals surface area contributed by atoms with Crippen molar-refractivity contribution >= 4 is 35.3 Å². The molecule has 0 aromatic heterocycles. The number of hydrogen-bond donors (Lipinski definition) is 4. The highest BCUT2D eigenvalue weighted by Crippen LogP contribution is 2.14. The van der Waals surface area contributed by atoms with Crippen LogP contribution >= 0.6 is 0 Å². The monoisotopic (exact) mass is 533 g/mol. The second-order valence-corrected chi connectivity index (χ2v) is 9.66. The van der Waals surface area contributed by atoms with E-state index in [4.69, 9.17) is 4.74 Å². The molecule has 0 aliphatic heterocycles. The molecule has 0 saturated heterocycles. The zero-order valence-electron chi connectivity index (χ0n) is 23.4. The van der Waals surface area contributed by atoms with E-state index in [1.807, 2.05) is 7.05 Å². The van der Waals surface area contributed by atoms with Crippen LogP contribution in [0.1, 0.15) is 58.9 Å². The van der Waals surface area contributed by atoms with Crippen LogP contribution in [0.5, 0.6) is 0 Å². The Labute approximate surface area is 225 Å². The fourth-order valence-corrected chi connectivity index (χ4v) is 3.68.